The molecule has 96 valence electrons. The molecule has 0 saturated heterocycles. The number of nitrogens with zero attached hydrogens (tertiary/aromatic N) is 4. The minimum atomic E-state index is 0.156. The Hall–Kier alpha value is -2.27. The first-order valence-corrected chi connectivity index (χ1v) is 6.24. The normalized spacial score (nSPS) is 11.0. The van der Waals surface area contributed by atoms with Crippen molar-refractivity contribution >= 4 is 11.2 Å². The molecule has 0 unspecified atom stereocenters. The number of aromatic nitrogens is 4. The number of aryl methyl sites for hydroxylation is 1. The highest BCUT2D eigenvalue weighted by molar-refractivity contribution is 5.73. The third-order valence-electron chi connectivity index (χ3n) is 2.95. The maximum atomic E-state index is 9.00. The molecular weight excluding hydrogens is 240 g/mol. The molecule has 19 heavy (non-hydrogen) atoms. The fraction of sp³-hybridized carbons (Fsp3) is 0.214. The summed E-state index contributed by atoms with van der Waals surface area (Å²) in [5.74, 6) is 0.899. The molecule has 3 aromatic heterocycles. The SMILES string of the molecule is OCCCc1nc2cccnc2n1-c1cccnc1. The molecule has 0 saturated carbocycles. The van der Waals surface area contributed by atoms with Crippen molar-refractivity contribution in [1.82, 2.24) is 19.5 Å². The zero-order valence-corrected chi connectivity index (χ0v) is 10.4. The maximum Gasteiger partial charge on any atom is 0.164 e. The highest BCUT2D eigenvalue weighted by atomic mass is 16.2. The summed E-state index contributed by atoms with van der Waals surface area (Å²) in [4.78, 5) is 13.1. The van der Waals surface area contributed by atoms with E-state index in [4.69, 9.17) is 5.11 Å². The molecule has 0 fully saturated rings. The topological polar surface area (TPSA) is 63.8 Å². The molecule has 0 spiro atoms. The second-order valence-electron chi connectivity index (χ2n) is 4.25. The Labute approximate surface area is 110 Å². The van der Waals surface area contributed by atoms with Crippen molar-refractivity contribution in [2.75, 3.05) is 6.61 Å². The third-order valence-corrected chi connectivity index (χ3v) is 2.95. The van der Waals surface area contributed by atoms with Gasteiger partial charge in [-0.15, -0.1) is 0 Å². The van der Waals surface area contributed by atoms with Gasteiger partial charge in [-0.3, -0.25) is 9.55 Å². The first-order valence-electron chi connectivity index (χ1n) is 6.24. The summed E-state index contributed by atoms with van der Waals surface area (Å²) in [5, 5.41) is 9.00. The van der Waals surface area contributed by atoms with E-state index < -0.39 is 0 Å². The maximum absolute atomic E-state index is 9.00. The summed E-state index contributed by atoms with van der Waals surface area (Å²) in [5.41, 5.74) is 2.62. The van der Waals surface area contributed by atoms with E-state index >= 15 is 0 Å². The number of hydrogen-bond donors (Lipinski definition) is 1. The van der Waals surface area contributed by atoms with Gasteiger partial charge in [0.05, 0.1) is 11.9 Å². The lowest BCUT2D eigenvalue weighted by molar-refractivity contribution is 0.287. The van der Waals surface area contributed by atoms with Crippen LogP contribution in [-0.2, 0) is 6.42 Å². The van der Waals surface area contributed by atoms with Crippen LogP contribution in [0.4, 0.5) is 0 Å². The first-order chi connectivity index (χ1) is 9.40. The first kappa shape index (κ1) is 11.8. The molecule has 0 aromatic carbocycles. The average molecular weight is 254 g/mol. The smallest absolute Gasteiger partial charge is 0.164 e. The van der Waals surface area contributed by atoms with Crippen LogP contribution in [-0.4, -0.2) is 31.2 Å². The lowest BCUT2D eigenvalue weighted by atomic mass is 10.3. The Balaban J connectivity index is 2.19. The van der Waals surface area contributed by atoms with E-state index in [0.717, 1.165) is 22.7 Å². The third kappa shape index (κ3) is 2.20. The van der Waals surface area contributed by atoms with Gasteiger partial charge in [0.25, 0.3) is 0 Å². The van der Waals surface area contributed by atoms with Gasteiger partial charge >= 0.3 is 0 Å². The monoisotopic (exact) mass is 254 g/mol. The van der Waals surface area contributed by atoms with Crippen molar-refractivity contribution in [3.05, 3.63) is 48.7 Å². The van der Waals surface area contributed by atoms with Gasteiger partial charge in [-0.05, 0) is 30.7 Å². The number of hydrogen-bond acceptors (Lipinski definition) is 4. The van der Waals surface area contributed by atoms with Crippen LogP contribution in [0.5, 0.6) is 0 Å². The molecule has 3 heterocycles. The lowest BCUT2D eigenvalue weighted by Crippen LogP contribution is -2.03. The molecule has 0 bridgehead atoms. The summed E-state index contributed by atoms with van der Waals surface area (Å²) in [6.45, 7) is 0.156. The molecule has 1 N–H and O–H groups in total. The van der Waals surface area contributed by atoms with Gasteiger partial charge in [-0.2, -0.15) is 0 Å². The molecule has 5 heteroatoms. The highest BCUT2D eigenvalue weighted by Crippen LogP contribution is 2.19. The van der Waals surface area contributed by atoms with Gasteiger partial charge in [0.1, 0.15) is 11.3 Å². The standard InChI is InChI=1S/C14H14N4O/c19-9-3-6-13-17-12-5-2-8-16-14(12)18(13)11-4-1-7-15-10-11/h1-2,4-5,7-8,10,19H,3,6,9H2. The van der Waals surface area contributed by atoms with Crippen LogP contribution < -0.4 is 0 Å². The molecule has 3 rings (SSSR count). The summed E-state index contributed by atoms with van der Waals surface area (Å²) < 4.78 is 2.00. The molecule has 0 atom stereocenters. The predicted molar refractivity (Wildman–Crippen MR) is 72.1 cm³/mol. The van der Waals surface area contributed by atoms with E-state index in [9.17, 15) is 0 Å². The van der Waals surface area contributed by atoms with Crippen LogP contribution in [0, 0.1) is 0 Å². The van der Waals surface area contributed by atoms with Crippen LogP contribution in [0.15, 0.2) is 42.9 Å². The van der Waals surface area contributed by atoms with Gasteiger partial charge in [0.15, 0.2) is 5.65 Å². The average Bonchev–Trinajstić information content (AvgIpc) is 2.84. The van der Waals surface area contributed by atoms with E-state index in [1.807, 2.05) is 28.8 Å². The van der Waals surface area contributed by atoms with E-state index in [1.54, 1.807) is 18.6 Å². The zero-order valence-electron chi connectivity index (χ0n) is 10.4. The molecular formula is C14H14N4O. The summed E-state index contributed by atoms with van der Waals surface area (Å²) in [7, 11) is 0. The second-order valence-corrected chi connectivity index (χ2v) is 4.25. The second kappa shape index (κ2) is 5.16. The van der Waals surface area contributed by atoms with Gasteiger partial charge < -0.3 is 5.11 Å². The molecule has 3 aromatic rings. The number of aliphatic hydroxyl groups is 1. The van der Waals surface area contributed by atoms with E-state index in [2.05, 4.69) is 15.0 Å². The van der Waals surface area contributed by atoms with E-state index in [1.165, 1.54) is 0 Å². The zero-order chi connectivity index (χ0) is 13.1. The fourth-order valence-electron chi connectivity index (χ4n) is 2.12. The number of rotatable bonds is 4. The largest absolute Gasteiger partial charge is 0.396 e. The predicted octanol–water partition coefficient (Wildman–Crippen LogP) is 1.74. The van der Waals surface area contributed by atoms with Gasteiger partial charge in [-0.25, -0.2) is 9.97 Å². The van der Waals surface area contributed by atoms with Crippen LogP contribution in [0.2, 0.25) is 0 Å². The fourth-order valence-corrected chi connectivity index (χ4v) is 2.12. The van der Waals surface area contributed by atoms with Crippen molar-refractivity contribution in [2.24, 2.45) is 0 Å². The molecule has 0 aliphatic heterocycles. The minimum Gasteiger partial charge on any atom is -0.396 e. The van der Waals surface area contributed by atoms with Crippen LogP contribution in [0.25, 0.3) is 16.9 Å². The Morgan fingerprint density at radius 2 is 2.05 bits per heavy atom. The Kier molecular flexibility index (Phi) is 3.20. The lowest BCUT2D eigenvalue weighted by Gasteiger charge is -2.07. The van der Waals surface area contributed by atoms with Gasteiger partial charge in [0.2, 0.25) is 0 Å². The Morgan fingerprint density at radius 3 is 2.84 bits per heavy atom. The quantitative estimate of drug-likeness (QED) is 0.770. The van der Waals surface area contributed by atoms with E-state index in [-0.39, 0.29) is 6.61 Å². The number of aliphatic hydroxyl groups excluding tert-OH is 1. The number of fused-ring (bicyclic) bond motifs is 1. The Bertz CT molecular complexity index is 678. The summed E-state index contributed by atoms with van der Waals surface area (Å²) >= 11 is 0. The van der Waals surface area contributed by atoms with Crippen molar-refractivity contribution in [3.63, 3.8) is 0 Å². The van der Waals surface area contributed by atoms with Gasteiger partial charge in [-0.1, -0.05) is 0 Å². The van der Waals surface area contributed by atoms with Crippen molar-refractivity contribution in [3.8, 4) is 5.69 Å². The van der Waals surface area contributed by atoms with Crippen LogP contribution in [0.1, 0.15) is 12.2 Å². The van der Waals surface area contributed by atoms with Gasteiger partial charge in [0, 0.05) is 25.4 Å². The molecule has 0 aliphatic carbocycles. The van der Waals surface area contributed by atoms with Crippen molar-refractivity contribution in [2.45, 2.75) is 12.8 Å². The van der Waals surface area contributed by atoms with Crippen LogP contribution in [0.3, 0.4) is 0 Å². The van der Waals surface area contributed by atoms with Crippen molar-refractivity contribution < 1.29 is 5.11 Å². The molecule has 0 aliphatic rings. The van der Waals surface area contributed by atoms with Crippen LogP contribution >= 0.6 is 0 Å². The molecule has 0 radical (unpaired) electrons. The highest BCUT2D eigenvalue weighted by Gasteiger charge is 2.12. The molecule has 5 nitrogen and oxygen atoms in total. The number of pyridine rings is 2. The summed E-state index contributed by atoms with van der Waals surface area (Å²) in [6, 6.07) is 7.68. The number of imidazole rings is 1. The molecule has 0 amide bonds. The summed E-state index contributed by atoms with van der Waals surface area (Å²) in [6.07, 6.45) is 6.68. The Morgan fingerprint density at radius 1 is 1.16 bits per heavy atom. The minimum absolute atomic E-state index is 0.156. The van der Waals surface area contributed by atoms with Crippen molar-refractivity contribution in [1.29, 1.82) is 0 Å². The van der Waals surface area contributed by atoms with E-state index in [0.29, 0.717) is 12.8 Å².